The third-order valence-corrected chi connectivity index (χ3v) is 5.43. The van der Waals surface area contributed by atoms with E-state index < -0.39 is 0 Å². The Morgan fingerprint density at radius 1 is 1.27 bits per heavy atom. The molecule has 1 fully saturated rings. The molecule has 0 atom stereocenters. The standard InChI is InChI=1S/C18H18FN5S2/c19-15-5-1-2-6-16(15)21-17-22-24(18(25)26-17)12-23(14-7-8-14)11-13-4-3-9-20-10-13/h1-6,9-10,14H,7-8,11-12H2,(H,21,22). The molecule has 4 rings (SSSR count). The first-order valence-corrected chi connectivity index (χ1v) is 9.64. The Kier molecular flexibility index (Phi) is 5.05. The Labute approximate surface area is 160 Å². The minimum absolute atomic E-state index is 0.309. The summed E-state index contributed by atoms with van der Waals surface area (Å²) in [5.74, 6) is -0.309. The van der Waals surface area contributed by atoms with E-state index in [2.05, 4.69) is 26.4 Å². The second kappa shape index (κ2) is 7.61. The summed E-state index contributed by atoms with van der Waals surface area (Å²) in [6, 6.07) is 11.1. The number of aromatic nitrogens is 3. The SMILES string of the molecule is Fc1ccccc1Nc1nn(CN(Cc2cccnc2)C2CC2)c(=S)s1. The van der Waals surface area contributed by atoms with Gasteiger partial charge in [0.1, 0.15) is 5.82 Å². The fourth-order valence-corrected chi connectivity index (χ4v) is 3.76. The fourth-order valence-electron chi connectivity index (χ4n) is 2.76. The first-order chi connectivity index (χ1) is 12.7. The summed E-state index contributed by atoms with van der Waals surface area (Å²) < 4.78 is 16.3. The van der Waals surface area contributed by atoms with Crippen molar-refractivity contribution in [2.24, 2.45) is 0 Å². The minimum atomic E-state index is -0.309. The van der Waals surface area contributed by atoms with Crippen LogP contribution >= 0.6 is 23.6 Å². The van der Waals surface area contributed by atoms with Crippen LogP contribution in [0, 0.1) is 9.77 Å². The largest absolute Gasteiger partial charge is 0.328 e. The number of nitrogens with one attached hydrogen (secondary N) is 1. The zero-order chi connectivity index (χ0) is 17.9. The third kappa shape index (κ3) is 4.14. The summed E-state index contributed by atoms with van der Waals surface area (Å²) in [7, 11) is 0. The van der Waals surface area contributed by atoms with E-state index in [9.17, 15) is 4.39 Å². The molecule has 1 saturated carbocycles. The molecular weight excluding hydrogens is 369 g/mol. The van der Waals surface area contributed by atoms with Crippen molar-refractivity contribution in [1.82, 2.24) is 19.7 Å². The van der Waals surface area contributed by atoms with Gasteiger partial charge in [0.05, 0.1) is 12.4 Å². The number of para-hydroxylation sites is 1. The molecule has 0 unspecified atom stereocenters. The van der Waals surface area contributed by atoms with Crippen molar-refractivity contribution in [2.75, 3.05) is 5.32 Å². The highest BCUT2D eigenvalue weighted by Crippen LogP contribution is 2.29. The van der Waals surface area contributed by atoms with Crippen LogP contribution in [0.1, 0.15) is 18.4 Å². The highest BCUT2D eigenvalue weighted by Gasteiger charge is 2.29. The second-order valence-electron chi connectivity index (χ2n) is 6.26. The van der Waals surface area contributed by atoms with Gasteiger partial charge in [-0.25, -0.2) is 9.07 Å². The topological polar surface area (TPSA) is 46.0 Å². The van der Waals surface area contributed by atoms with Gasteiger partial charge in [-0.1, -0.05) is 29.5 Å². The predicted octanol–water partition coefficient (Wildman–Crippen LogP) is 4.57. The number of halogens is 1. The van der Waals surface area contributed by atoms with Gasteiger partial charge in [0.25, 0.3) is 0 Å². The van der Waals surface area contributed by atoms with E-state index in [0.29, 0.717) is 27.5 Å². The summed E-state index contributed by atoms with van der Waals surface area (Å²) in [4.78, 5) is 6.55. The van der Waals surface area contributed by atoms with Crippen molar-refractivity contribution in [3.8, 4) is 0 Å². The molecule has 2 heterocycles. The van der Waals surface area contributed by atoms with Gasteiger partial charge in [-0.05, 0) is 48.8 Å². The van der Waals surface area contributed by atoms with Gasteiger partial charge in [-0.2, -0.15) is 0 Å². The molecule has 0 saturated heterocycles. The predicted molar refractivity (Wildman–Crippen MR) is 103 cm³/mol. The van der Waals surface area contributed by atoms with Gasteiger partial charge in [0, 0.05) is 25.0 Å². The number of hydrogen-bond acceptors (Lipinski definition) is 6. The van der Waals surface area contributed by atoms with E-state index in [1.807, 2.05) is 12.3 Å². The lowest BCUT2D eigenvalue weighted by Gasteiger charge is -2.21. The Hall–Kier alpha value is -2.16. The van der Waals surface area contributed by atoms with Crippen molar-refractivity contribution in [2.45, 2.75) is 32.1 Å². The molecule has 1 aromatic carbocycles. The normalized spacial score (nSPS) is 13.9. The van der Waals surface area contributed by atoms with Crippen LogP contribution in [0.15, 0.2) is 48.8 Å². The van der Waals surface area contributed by atoms with Gasteiger partial charge in [-0.3, -0.25) is 9.88 Å². The van der Waals surface area contributed by atoms with Crippen molar-refractivity contribution >= 4 is 34.4 Å². The minimum Gasteiger partial charge on any atom is -0.328 e. The molecule has 1 aliphatic rings. The zero-order valence-electron chi connectivity index (χ0n) is 14.0. The molecule has 2 aromatic heterocycles. The zero-order valence-corrected chi connectivity index (χ0v) is 15.6. The molecule has 0 amide bonds. The van der Waals surface area contributed by atoms with Crippen LogP contribution in [0.4, 0.5) is 15.2 Å². The van der Waals surface area contributed by atoms with E-state index in [4.69, 9.17) is 12.2 Å². The van der Waals surface area contributed by atoms with Crippen LogP contribution in [0.3, 0.4) is 0 Å². The van der Waals surface area contributed by atoms with Gasteiger partial charge in [0.15, 0.2) is 3.95 Å². The number of pyridine rings is 1. The smallest absolute Gasteiger partial charge is 0.209 e. The third-order valence-electron chi connectivity index (χ3n) is 4.21. The fraction of sp³-hybridized carbons (Fsp3) is 0.278. The Bertz CT molecular complexity index is 936. The molecule has 0 radical (unpaired) electrons. The Balaban J connectivity index is 1.49. The molecular formula is C18H18FN5S2. The van der Waals surface area contributed by atoms with Crippen molar-refractivity contribution < 1.29 is 4.39 Å². The van der Waals surface area contributed by atoms with Crippen LogP contribution in [-0.2, 0) is 13.2 Å². The maximum absolute atomic E-state index is 13.8. The molecule has 5 nitrogen and oxygen atoms in total. The highest BCUT2D eigenvalue weighted by molar-refractivity contribution is 7.73. The number of anilines is 2. The Morgan fingerprint density at radius 2 is 2.12 bits per heavy atom. The maximum atomic E-state index is 13.8. The van der Waals surface area contributed by atoms with Crippen LogP contribution in [0.25, 0.3) is 0 Å². The van der Waals surface area contributed by atoms with Crippen LogP contribution in [-0.4, -0.2) is 25.7 Å². The first-order valence-electron chi connectivity index (χ1n) is 8.41. The summed E-state index contributed by atoms with van der Waals surface area (Å²) in [5, 5.41) is 8.15. The van der Waals surface area contributed by atoms with Crippen LogP contribution in [0.5, 0.6) is 0 Å². The van der Waals surface area contributed by atoms with E-state index in [1.165, 1.54) is 35.8 Å². The molecule has 0 spiro atoms. The molecule has 1 aliphatic carbocycles. The van der Waals surface area contributed by atoms with E-state index >= 15 is 0 Å². The average Bonchev–Trinajstić information content (AvgIpc) is 3.43. The van der Waals surface area contributed by atoms with E-state index in [1.54, 1.807) is 29.1 Å². The highest BCUT2D eigenvalue weighted by atomic mass is 32.1. The summed E-state index contributed by atoms with van der Waals surface area (Å²) in [6.45, 7) is 1.43. The Morgan fingerprint density at radius 3 is 2.85 bits per heavy atom. The number of nitrogens with zero attached hydrogens (tertiary/aromatic N) is 4. The van der Waals surface area contributed by atoms with Gasteiger partial charge in [0.2, 0.25) is 5.13 Å². The number of benzene rings is 1. The van der Waals surface area contributed by atoms with Crippen molar-refractivity contribution in [1.29, 1.82) is 0 Å². The lowest BCUT2D eigenvalue weighted by Crippen LogP contribution is -2.28. The lowest BCUT2D eigenvalue weighted by atomic mass is 10.2. The molecule has 26 heavy (non-hydrogen) atoms. The maximum Gasteiger partial charge on any atom is 0.209 e. The molecule has 0 bridgehead atoms. The lowest BCUT2D eigenvalue weighted by molar-refractivity contribution is 0.187. The van der Waals surface area contributed by atoms with Crippen molar-refractivity contribution in [3.05, 3.63) is 64.1 Å². The first kappa shape index (κ1) is 17.3. The van der Waals surface area contributed by atoms with Crippen LogP contribution in [0.2, 0.25) is 0 Å². The van der Waals surface area contributed by atoms with Crippen molar-refractivity contribution in [3.63, 3.8) is 0 Å². The number of rotatable bonds is 7. The van der Waals surface area contributed by atoms with E-state index in [0.717, 1.165) is 6.54 Å². The number of hydrogen-bond donors (Lipinski definition) is 1. The molecule has 1 N–H and O–H groups in total. The van der Waals surface area contributed by atoms with E-state index in [-0.39, 0.29) is 5.82 Å². The quantitative estimate of drug-likeness (QED) is 0.602. The molecule has 8 heteroatoms. The van der Waals surface area contributed by atoms with Gasteiger partial charge < -0.3 is 5.32 Å². The summed E-state index contributed by atoms with van der Waals surface area (Å²) in [5.41, 5.74) is 1.57. The molecule has 134 valence electrons. The monoisotopic (exact) mass is 387 g/mol. The summed E-state index contributed by atoms with van der Waals surface area (Å²) >= 11 is 6.81. The average molecular weight is 388 g/mol. The molecule has 3 aromatic rings. The summed E-state index contributed by atoms with van der Waals surface area (Å²) in [6.07, 6.45) is 6.05. The van der Waals surface area contributed by atoms with Gasteiger partial charge in [-0.15, -0.1) is 5.10 Å². The molecule has 0 aliphatic heterocycles. The second-order valence-corrected chi connectivity index (χ2v) is 7.88. The van der Waals surface area contributed by atoms with Gasteiger partial charge >= 0.3 is 0 Å². The van der Waals surface area contributed by atoms with Crippen LogP contribution < -0.4 is 5.32 Å².